The Morgan fingerprint density at radius 2 is 2.04 bits per heavy atom. The van der Waals surface area contributed by atoms with Gasteiger partial charge in [-0.05, 0) is 38.0 Å². The van der Waals surface area contributed by atoms with Crippen LogP contribution in [0.1, 0.15) is 24.3 Å². The molecular weight excluding hydrogens is 334 g/mol. The Morgan fingerprint density at radius 1 is 1.28 bits per heavy atom. The van der Waals surface area contributed by atoms with Crippen molar-refractivity contribution in [2.24, 2.45) is 5.92 Å². The van der Waals surface area contributed by atoms with Crippen molar-refractivity contribution in [3.8, 4) is 11.3 Å². The smallest absolute Gasteiger partial charge is 0.243 e. The molecule has 2 N–H and O–H groups in total. The van der Waals surface area contributed by atoms with Gasteiger partial charge in [-0.3, -0.25) is 9.59 Å². The summed E-state index contributed by atoms with van der Waals surface area (Å²) in [7, 11) is 0. The average molecular weight is 355 g/mol. The zero-order valence-corrected chi connectivity index (χ0v) is 14.9. The fourth-order valence-corrected chi connectivity index (χ4v) is 3.77. The number of carbonyl (C=O) groups excluding carboxylic acids is 2. The van der Waals surface area contributed by atoms with Gasteiger partial charge >= 0.3 is 0 Å². The summed E-state index contributed by atoms with van der Waals surface area (Å²) in [5.41, 5.74) is 2.73. The first-order valence-electron chi connectivity index (χ1n) is 8.33. The van der Waals surface area contributed by atoms with Crippen LogP contribution in [0.15, 0.2) is 42.3 Å². The molecule has 0 unspecified atom stereocenters. The molecule has 130 valence electrons. The lowest BCUT2D eigenvalue weighted by molar-refractivity contribution is -0.121. The summed E-state index contributed by atoms with van der Waals surface area (Å²) in [6, 6.07) is 7.55. The lowest BCUT2D eigenvalue weighted by Gasteiger charge is -2.19. The Morgan fingerprint density at radius 3 is 2.68 bits per heavy atom. The lowest BCUT2D eigenvalue weighted by Crippen LogP contribution is -2.41. The molecule has 1 heterocycles. The van der Waals surface area contributed by atoms with Crippen molar-refractivity contribution in [3.05, 3.63) is 47.3 Å². The second-order valence-corrected chi connectivity index (χ2v) is 7.24. The van der Waals surface area contributed by atoms with Crippen LogP contribution in [0.3, 0.4) is 0 Å². The van der Waals surface area contributed by atoms with E-state index in [0.717, 1.165) is 41.2 Å². The van der Waals surface area contributed by atoms with Crippen molar-refractivity contribution in [3.63, 3.8) is 0 Å². The first kappa shape index (κ1) is 17.4. The van der Waals surface area contributed by atoms with Gasteiger partial charge in [-0.25, -0.2) is 4.98 Å². The van der Waals surface area contributed by atoms with E-state index in [1.165, 1.54) is 6.08 Å². The van der Waals surface area contributed by atoms with Gasteiger partial charge in [-0.1, -0.05) is 25.1 Å². The largest absolute Gasteiger partial charge is 0.349 e. The summed E-state index contributed by atoms with van der Waals surface area (Å²) in [4.78, 5) is 28.5. The van der Waals surface area contributed by atoms with Gasteiger partial charge in [0, 0.05) is 22.7 Å². The summed E-state index contributed by atoms with van der Waals surface area (Å²) in [5.74, 6) is -0.485. The molecule has 6 heteroatoms. The van der Waals surface area contributed by atoms with Crippen molar-refractivity contribution in [1.29, 1.82) is 0 Å². The number of nitrogens with one attached hydrogen (secondary N) is 2. The van der Waals surface area contributed by atoms with Crippen LogP contribution in [0, 0.1) is 12.8 Å². The minimum absolute atomic E-state index is 0.0517. The van der Waals surface area contributed by atoms with Gasteiger partial charge < -0.3 is 10.6 Å². The summed E-state index contributed by atoms with van der Waals surface area (Å²) < 4.78 is 0. The summed E-state index contributed by atoms with van der Waals surface area (Å²) in [6.45, 7) is 5.44. The molecule has 0 radical (unpaired) electrons. The third-order valence-electron chi connectivity index (χ3n) is 4.43. The molecule has 0 bridgehead atoms. The van der Waals surface area contributed by atoms with Crippen LogP contribution in [-0.2, 0) is 9.59 Å². The monoisotopic (exact) mass is 355 g/mol. The number of thiazole rings is 1. The minimum Gasteiger partial charge on any atom is -0.349 e. The fraction of sp³-hybridized carbons (Fsp3) is 0.316. The highest BCUT2D eigenvalue weighted by atomic mass is 32.1. The first-order valence-corrected chi connectivity index (χ1v) is 9.21. The molecule has 5 nitrogen and oxygen atoms in total. The van der Waals surface area contributed by atoms with Crippen molar-refractivity contribution in [2.45, 2.75) is 32.2 Å². The van der Waals surface area contributed by atoms with Crippen LogP contribution in [0.25, 0.3) is 11.3 Å². The van der Waals surface area contributed by atoms with Crippen LogP contribution < -0.4 is 10.6 Å². The number of hydrogen-bond acceptors (Lipinski definition) is 4. The Hall–Kier alpha value is -2.47. The van der Waals surface area contributed by atoms with Gasteiger partial charge in [-0.15, -0.1) is 11.3 Å². The van der Waals surface area contributed by atoms with Crippen molar-refractivity contribution in [2.75, 3.05) is 5.32 Å². The van der Waals surface area contributed by atoms with Crippen LogP contribution >= 0.6 is 11.3 Å². The highest BCUT2D eigenvalue weighted by molar-refractivity contribution is 7.09. The Balaban J connectivity index is 1.64. The summed E-state index contributed by atoms with van der Waals surface area (Å²) in [5, 5.41) is 8.86. The molecule has 1 aromatic carbocycles. The molecule has 1 fully saturated rings. The van der Waals surface area contributed by atoms with Gasteiger partial charge in [0.25, 0.3) is 0 Å². The molecule has 1 aliphatic carbocycles. The zero-order chi connectivity index (χ0) is 17.8. The van der Waals surface area contributed by atoms with E-state index in [2.05, 4.69) is 22.2 Å². The second-order valence-electron chi connectivity index (χ2n) is 6.17. The highest BCUT2D eigenvalue weighted by Crippen LogP contribution is 2.28. The van der Waals surface area contributed by atoms with Gasteiger partial charge in [0.15, 0.2) is 0 Å². The fourth-order valence-electron chi connectivity index (χ4n) is 3.14. The van der Waals surface area contributed by atoms with E-state index in [9.17, 15) is 9.59 Å². The predicted octanol–water partition coefficient (Wildman–Crippen LogP) is 3.53. The van der Waals surface area contributed by atoms with Gasteiger partial charge in [0.05, 0.1) is 16.6 Å². The number of hydrogen-bond donors (Lipinski definition) is 2. The maximum Gasteiger partial charge on any atom is 0.243 e. The van der Waals surface area contributed by atoms with Crippen molar-refractivity contribution < 1.29 is 9.59 Å². The normalized spacial score (nSPS) is 19.4. The van der Waals surface area contributed by atoms with Gasteiger partial charge in [0.2, 0.25) is 11.8 Å². The first-order chi connectivity index (χ1) is 12.1. The van der Waals surface area contributed by atoms with E-state index < -0.39 is 0 Å². The number of aryl methyl sites for hydroxylation is 1. The van der Waals surface area contributed by atoms with Gasteiger partial charge in [-0.2, -0.15) is 0 Å². The molecule has 1 saturated carbocycles. The summed E-state index contributed by atoms with van der Waals surface area (Å²) in [6.07, 6.45) is 3.78. The Labute approximate surface area is 151 Å². The number of nitrogens with zero attached hydrogens (tertiary/aromatic N) is 1. The van der Waals surface area contributed by atoms with E-state index in [4.69, 9.17) is 0 Å². The molecule has 2 amide bonds. The van der Waals surface area contributed by atoms with Crippen LogP contribution in [0.4, 0.5) is 5.69 Å². The highest BCUT2D eigenvalue weighted by Gasteiger charge is 2.33. The van der Waals surface area contributed by atoms with Crippen LogP contribution in [0.2, 0.25) is 0 Å². The van der Waals surface area contributed by atoms with Crippen molar-refractivity contribution in [1.82, 2.24) is 10.3 Å². The quantitative estimate of drug-likeness (QED) is 0.806. The maximum absolute atomic E-state index is 12.6. The average Bonchev–Trinajstić information content (AvgIpc) is 3.24. The van der Waals surface area contributed by atoms with Crippen molar-refractivity contribution >= 4 is 28.8 Å². The summed E-state index contributed by atoms with van der Waals surface area (Å²) >= 11 is 1.62. The number of carbonyl (C=O) groups is 2. The topological polar surface area (TPSA) is 71.1 Å². The standard InChI is InChI=1S/C19H21N3O2S/c1-3-18(23)22-16-6-4-5-15(16)19(24)21-14-9-7-13(8-10-14)17-11-25-12(2)20-17/h3,7-11,15-16H,1,4-6H2,2H3,(H,21,24)(H,22,23)/t15-,16+/m0/s1. The SMILES string of the molecule is C=CC(=O)N[C@@H]1CCC[C@@H]1C(=O)Nc1ccc(-c2csc(C)n2)cc1. The molecule has 3 rings (SSSR count). The molecule has 0 aliphatic heterocycles. The van der Waals surface area contributed by atoms with Crippen LogP contribution in [0.5, 0.6) is 0 Å². The Bertz CT molecular complexity index is 782. The van der Waals surface area contributed by atoms with Gasteiger partial charge in [0.1, 0.15) is 0 Å². The molecule has 1 aromatic heterocycles. The lowest BCUT2D eigenvalue weighted by atomic mass is 10.0. The minimum atomic E-state index is -0.229. The molecule has 1 aliphatic rings. The van der Waals surface area contributed by atoms with E-state index >= 15 is 0 Å². The van der Waals surface area contributed by atoms with E-state index in [0.29, 0.717) is 0 Å². The maximum atomic E-state index is 12.6. The molecule has 2 atom stereocenters. The van der Waals surface area contributed by atoms with Crippen LogP contribution in [-0.4, -0.2) is 22.8 Å². The molecule has 0 spiro atoms. The van der Waals surface area contributed by atoms with E-state index in [1.54, 1.807) is 11.3 Å². The predicted molar refractivity (Wildman–Crippen MR) is 100 cm³/mol. The third kappa shape index (κ3) is 4.14. The van der Waals surface area contributed by atoms with E-state index in [-0.39, 0.29) is 23.8 Å². The third-order valence-corrected chi connectivity index (χ3v) is 5.21. The molecule has 25 heavy (non-hydrogen) atoms. The second kappa shape index (κ2) is 7.61. The zero-order valence-electron chi connectivity index (χ0n) is 14.1. The number of anilines is 1. The van der Waals surface area contributed by atoms with E-state index in [1.807, 2.05) is 36.6 Å². The number of rotatable bonds is 5. The molecular formula is C19H21N3O2S. The molecule has 2 aromatic rings. The molecule has 0 saturated heterocycles. The number of amides is 2. The number of benzene rings is 1. The number of aromatic nitrogens is 1. The Kier molecular flexibility index (Phi) is 5.28.